The smallest absolute Gasteiger partial charge is 0.00680 e. The van der Waals surface area contributed by atoms with E-state index in [0.29, 0.717) is 6.04 Å². The zero-order valence-corrected chi connectivity index (χ0v) is 10.3. The molecule has 1 N–H and O–H groups in total. The third kappa shape index (κ3) is 4.35. The van der Waals surface area contributed by atoms with Crippen LogP contribution in [0.3, 0.4) is 0 Å². The second-order valence-corrected chi connectivity index (χ2v) is 4.59. The first-order valence-electron chi connectivity index (χ1n) is 6.34. The van der Waals surface area contributed by atoms with Crippen LogP contribution >= 0.6 is 0 Å². The largest absolute Gasteiger partial charge is 0.314 e. The zero-order valence-electron chi connectivity index (χ0n) is 10.3. The Kier molecular flexibility index (Phi) is 5.96. The SMILES string of the molecule is C=CCCNC(C)C1CCN(CC)CC1. The van der Waals surface area contributed by atoms with Crippen molar-refractivity contribution in [1.82, 2.24) is 10.2 Å². The van der Waals surface area contributed by atoms with Crippen LogP contribution in [0.25, 0.3) is 0 Å². The predicted molar refractivity (Wildman–Crippen MR) is 67.1 cm³/mol. The van der Waals surface area contributed by atoms with Crippen LogP contribution < -0.4 is 5.32 Å². The number of rotatable bonds is 6. The van der Waals surface area contributed by atoms with E-state index < -0.39 is 0 Å². The molecule has 1 atom stereocenters. The molecular formula is C13H26N2. The van der Waals surface area contributed by atoms with Crippen LogP contribution in [0.1, 0.15) is 33.1 Å². The first-order valence-corrected chi connectivity index (χ1v) is 6.34. The predicted octanol–water partition coefficient (Wildman–Crippen LogP) is 2.27. The van der Waals surface area contributed by atoms with E-state index in [1.807, 2.05) is 6.08 Å². The van der Waals surface area contributed by atoms with E-state index in [1.54, 1.807) is 0 Å². The van der Waals surface area contributed by atoms with E-state index in [2.05, 4.69) is 30.6 Å². The van der Waals surface area contributed by atoms with Gasteiger partial charge in [0.2, 0.25) is 0 Å². The minimum absolute atomic E-state index is 0.670. The summed E-state index contributed by atoms with van der Waals surface area (Å²) < 4.78 is 0. The van der Waals surface area contributed by atoms with Gasteiger partial charge >= 0.3 is 0 Å². The molecular weight excluding hydrogens is 184 g/mol. The second-order valence-electron chi connectivity index (χ2n) is 4.59. The number of likely N-dealkylation sites (tertiary alicyclic amines) is 1. The Balaban J connectivity index is 2.17. The van der Waals surface area contributed by atoms with Crippen molar-refractivity contribution >= 4 is 0 Å². The van der Waals surface area contributed by atoms with Crippen molar-refractivity contribution in [1.29, 1.82) is 0 Å². The van der Waals surface area contributed by atoms with E-state index in [1.165, 1.54) is 32.5 Å². The summed E-state index contributed by atoms with van der Waals surface area (Å²) in [6, 6.07) is 0.670. The number of hydrogen-bond donors (Lipinski definition) is 1. The monoisotopic (exact) mass is 210 g/mol. The van der Waals surface area contributed by atoms with Crippen LogP contribution in [0.2, 0.25) is 0 Å². The molecule has 2 nitrogen and oxygen atoms in total. The van der Waals surface area contributed by atoms with Crippen molar-refractivity contribution in [2.75, 3.05) is 26.2 Å². The van der Waals surface area contributed by atoms with Gasteiger partial charge in [0.05, 0.1) is 0 Å². The van der Waals surface area contributed by atoms with Gasteiger partial charge in [-0.3, -0.25) is 0 Å². The molecule has 0 bridgehead atoms. The molecule has 1 unspecified atom stereocenters. The topological polar surface area (TPSA) is 15.3 Å². The highest BCUT2D eigenvalue weighted by atomic mass is 15.1. The lowest BCUT2D eigenvalue weighted by Gasteiger charge is -2.34. The van der Waals surface area contributed by atoms with Crippen molar-refractivity contribution in [3.63, 3.8) is 0 Å². The summed E-state index contributed by atoms with van der Waals surface area (Å²) in [7, 11) is 0. The van der Waals surface area contributed by atoms with E-state index in [-0.39, 0.29) is 0 Å². The average Bonchev–Trinajstić information content (AvgIpc) is 2.29. The summed E-state index contributed by atoms with van der Waals surface area (Å²) >= 11 is 0. The lowest BCUT2D eigenvalue weighted by atomic mass is 9.90. The van der Waals surface area contributed by atoms with E-state index >= 15 is 0 Å². The molecule has 0 saturated carbocycles. The van der Waals surface area contributed by atoms with Crippen LogP contribution in [0.15, 0.2) is 12.7 Å². The molecule has 0 spiro atoms. The number of nitrogens with zero attached hydrogens (tertiary/aromatic N) is 1. The van der Waals surface area contributed by atoms with Gasteiger partial charge in [-0.2, -0.15) is 0 Å². The minimum atomic E-state index is 0.670. The lowest BCUT2D eigenvalue weighted by Crippen LogP contribution is -2.42. The van der Waals surface area contributed by atoms with Gasteiger partial charge in [-0.25, -0.2) is 0 Å². The minimum Gasteiger partial charge on any atom is -0.314 e. The Hall–Kier alpha value is -0.340. The zero-order chi connectivity index (χ0) is 11.1. The van der Waals surface area contributed by atoms with Gasteiger partial charge < -0.3 is 10.2 Å². The van der Waals surface area contributed by atoms with Crippen LogP contribution in [-0.2, 0) is 0 Å². The summed E-state index contributed by atoms with van der Waals surface area (Å²) in [6.45, 7) is 13.2. The fourth-order valence-electron chi connectivity index (χ4n) is 2.35. The van der Waals surface area contributed by atoms with Crippen molar-refractivity contribution in [3.05, 3.63) is 12.7 Å². The summed E-state index contributed by atoms with van der Waals surface area (Å²) in [5.41, 5.74) is 0. The quantitative estimate of drug-likeness (QED) is 0.534. The summed E-state index contributed by atoms with van der Waals surface area (Å²) in [5.74, 6) is 0.873. The fraction of sp³-hybridized carbons (Fsp3) is 0.846. The maximum absolute atomic E-state index is 3.74. The van der Waals surface area contributed by atoms with Gasteiger partial charge in [-0.15, -0.1) is 6.58 Å². The van der Waals surface area contributed by atoms with Crippen LogP contribution in [0.4, 0.5) is 0 Å². The Morgan fingerprint density at radius 1 is 1.47 bits per heavy atom. The average molecular weight is 210 g/mol. The highest BCUT2D eigenvalue weighted by Gasteiger charge is 2.22. The Labute approximate surface area is 94.7 Å². The summed E-state index contributed by atoms with van der Waals surface area (Å²) in [6.07, 6.45) is 5.78. The highest BCUT2D eigenvalue weighted by Crippen LogP contribution is 2.20. The molecule has 1 saturated heterocycles. The molecule has 0 aromatic carbocycles. The van der Waals surface area contributed by atoms with Crippen LogP contribution in [-0.4, -0.2) is 37.1 Å². The Morgan fingerprint density at radius 2 is 2.13 bits per heavy atom. The van der Waals surface area contributed by atoms with Crippen molar-refractivity contribution in [2.45, 2.75) is 39.2 Å². The Morgan fingerprint density at radius 3 is 2.67 bits per heavy atom. The molecule has 0 amide bonds. The normalized spacial score (nSPS) is 21.5. The Bertz CT molecular complexity index is 171. The maximum atomic E-state index is 3.74. The molecule has 0 radical (unpaired) electrons. The van der Waals surface area contributed by atoms with Gasteiger partial charge in [0, 0.05) is 6.04 Å². The van der Waals surface area contributed by atoms with Crippen molar-refractivity contribution < 1.29 is 0 Å². The molecule has 1 aliphatic heterocycles. The second kappa shape index (κ2) is 7.02. The molecule has 2 heteroatoms. The third-order valence-electron chi connectivity index (χ3n) is 3.60. The molecule has 15 heavy (non-hydrogen) atoms. The van der Waals surface area contributed by atoms with E-state index in [9.17, 15) is 0 Å². The fourth-order valence-corrected chi connectivity index (χ4v) is 2.35. The number of nitrogens with one attached hydrogen (secondary N) is 1. The molecule has 0 aliphatic carbocycles. The van der Waals surface area contributed by atoms with E-state index in [0.717, 1.165) is 18.9 Å². The van der Waals surface area contributed by atoms with Crippen LogP contribution in [0, 0.1) is 5.92 Å². The molecule has 0 aromatic heterocycles. The first-order chi connectivity index (χ1) is 7.27. The lowest BCUT2D eigenvalue weighted by molar-refractivity contribution is 0.169. The molecule has 1 rings (SSSR count). The van der Waals surface area contributed by atoms with Crippen LogP contribution in [0.5, 0.6) is 0 Å². The number of piperidine rings is 1. The molecule has 1 aliphatic rings. The van der Waals surface area contributed by atoms with Gasteiger partial charge in [-0.05, 0) is 58.3 Å². The molecule has 1 fully saturated rings. The van der Waals surface area contributed by atoms with Gasteiger partial charge in [-0.1, -0.05) is 13.0 Å². The van der Waals surface area contributed by atoms with Crippen molar-refractivity contribution in [2.24, 2.45) is 5.92 Å². The van der Waals surface area contributed by atoms with Crippen molar-refractivity contribution in [3.8, 4) is 0 Å². The molecule has 1 heterocycles. The third-order valence-corrected chi connectivity index (χ3v) is 3.60. The van der Waals surface area contributed by atoms with Gasteiger partial charge in [0.25, 0.3) is 0 Å². The van der Waals surface area contributed by atoms with Gasteiger partial charge in [0.1, 0.15) is 0 Å². The summed E-state index contributed by atoms with van der Waals surface area (Å²) in [5, 5.41) is 3.60. The maximum Gasteiger partial charge on any atom is 0.00680 e. The summed E-state index contributed by atoms with van der Waals surface area (Å²) in [4.78, 5) is 2.55. The first kappa shape index (κ1) is 12.7. The highest BCUT2D eigenvalue weighted by molar-refractivity contribution is 4.80. The molecule has 0 aromatic rings. The van der Waals surface area contributed by atoms with Gasteiger partial charge in [0.15, 0.2) is 0 Å². The number of hydrogen-bond acceptors (Lipinski definition) is 2. The van der Waals surface area contributed by atoms with E-state index in [4.69, 9.17) is 0 Å². The molecule has 88 valence electrons. The standard InChI is InChI=1S/C13H26N2/c1-4-6-9-14-12(3)13-7-10-15(5-2)11-8-13/h4,12-14H,1,5-11H2,2-3H3.